The molecule has 0 saturated heterocycles. The molecule has 0 fully saturated rings. The van der Waals surface area contributed by atoms with Crippen LogP contribution in [0.3, 0.4) is 0 Å². The van der Waals surface area contributed by atoms with E-state index in [-0.39, 0.29) is 5.82 Å². The Kier molecular flexibility index (Phi) is 7.82. The number of rotatable bonds is 5. The highest BCUT2D eigenvalue weighted by Crippen LogP contribution is 2.57. The summed E-state index contributed by atoms with van der Waals surface area (Å²) in [7, 11) is 0. The van der Waals surface area contributed by atoms with Gasteiger partial charge in [0.05, 0.1) is 21.4 Å². The lowest BCUT2D eigenvalue weighted by Crippen LogP contribution is -2.04. The number of phenols is 10. The van der Waals surface area contributed by atoms with Crippen molar-refractivity contribution >= 4 is 53.3 Å². The molecule has 10 N–H and O–H groups in total. The first kappa shape index (κ1) is 35.9. The fraction of sp³-hybridized carbons (Fsp3) is 0. The van der Waals surface area contributed by atoms with E-state index in [2.05, 4.69) is 19.5 Å². The smallest absolute Gasteiger partial charge is 0.208 e. The normalized spacial score (nSPS) is 11.7. The van der Waals surface area contributed by atoms with Gasteiger partial charge in [0.2, 0.25) is 34.5 Å². The van der Waals surface area contributed by atoms with Crippen LogP contribution in [0, 0.1) is 0 Å². The molecule has 10 rings (SSSR count). The number of nitrogens with zero attached hydrogens (tertiary/aromatic N) is 4. The van der Waals surface area contributed by atoms with Crippen LogP contribution in [0.15, 0.2) is 109 Å². The molecule has 15 heteroatoms. The first-order valence-corrected chi connectivity index (χ1v) is 18.9. The molecule has 0 unspecified atom stereocenters. The van der Waals surface area contributed by atoms with E-state index in [4.69, 9.17) is 0 Å². The third kappa shape index (κ3) is 5.02. The Bertz CT molecular complexity index is 3310. The van der Waals surface area contributed by atoms with Crippen molar-refractivity contribution in [2.75, 3.05) is 0 Å². The van der Waals surface area contributed by atoms with Gasteiger partial charge >= 0.3 is 0 Å². The SMILES string of the molecule is Oc1c(O)c(O)c(-c2nc(-c3ccc4c(sc5ccccc54)c3-n3c4ccccc4c4c(-c5ccccc5)cccc43)nc(-c3c(O)c(O)c(O)c(O)c3O)n2)c(O)c1O. The quantitative estimate of drug-likeness (QED) is 0.0576. The zero-order valence-electron chi connectivity index (χ0n) is 30.6. The number of para-hydroxylation sites is 1. The maximum absolute atomic E-state index is 11.1. The van der Waals surface area contributed by atoms with Crippen molar-refractivity contribution in [3.05, 3.63) is 109 Å². The number of hydrogen-bond acceptors (Lipinski definition) is 14. The molecular weight excluding hydrogens is 789 g/mol. The standard InChI is InChI=1S/C45H28N4O10S/c50-32-29(33(51)37(55)40(58)36(32)54)44-46-43(47-45(48-44)30-34(52)38(56)41(59)39(57)35(30)53)24-18-17-22-21-11-5-7-16-27(21)60-42(22)31(24)49-25-14-6-4-12-23(25)28-20(13-8-15-26(28)49)19-9-2-1-3-10-19/h1-18,50-59H. The lowest BCUT2D eigenvalue weighted by Gasteiger charge is -2.17. The Morgan fingerprint density at radius 2 is 0.883 bits per heavy atom. The van der Waals surface area contributed by atoms with Crippen molar-refractivity contribution in [2.45, 2.75) is 0 Å². The lowest BCUT2D eigenvalue weighted by atomic mass is 9.99. The molecule has 3 heterocycles. The van der Waals surface area contributed by atoms with E-state index in [1.807, 2.05) is 103 Å². The second kappa shape index (κ2) is 13.1. The minimum Gasteiger partial charge on any atom is -0.504 e. The maximum atomic E-state index is 11.1. The van der Waals surface area contributed by atoms with Crippen molar-refractivity contribution in [1.29, 1.82) is 0 Å². The van der Waals surface area contributed by atoms with E-state index in [9.17, 15) is 51.1 Å². The van der Waals surface area contributed by atoms with Gasteiger partial charge in [0.1, 0.15) is 11.1 Å². The summed E-state index contributed by atoms with van der Waals surface area (Å²) < 4.78 is 3.80. The molecule has 14 nitrogen and oxygen atoms in total. The predicted octanol–water partition coefficient (Wildman–Crippen LogP) is 9.06. The summed E-state index contributed by atoms with van der Waals surface area (Å²) in [6.45, 7) is 0. The van der Waals surface area contributed by atoms with Gasteiger partial charge in [-0.15, -0.1) is 11.3 Å². The molecule has 0 amide bonds. The van der Waals surface area contributed by atoms with E-state index in [0.717, 1.165) is 53.1 Å². The molecule has 0 atom stereocenters. The first-order valence-electron chi connectivity index (χ1n) is 18.1. The van der Waals surface area contributed by atoms with Crippen LogP contribution < -0.4 is 0 Å². The van der Waals surface area contributed by atoms with Crippen molar-refractivity contribution in [3.8, 4) is 108 Å². The third-order valence-electron chi connectivity index (χ3n) is 10.6. The molecular formula is C45H28N4O10S. The maximum Gasteiger partial charge on any atom is 0.208 e. The Balaban J connectivity index is 1.38. The lowest BCUT2D eigenvalue weighted by molar-refractivity contribution is 0.329. The van der Waals surface area contributed by atoms with Gasteiger partial charge in [0.15, 0.2) is 40.5 Å². The first-order chi connectivity index (χ1) is 29.0. The average molecular weight is 817 g/mol. The second-order valence-electron chi connectivity index (χ2n) is 13.9. The van der Waals surface area contributed by atoms with Crippen molar-refractivity contribution < 1.29 is 51.1 Å². The van der Waals surface area contributed by atoms with Crippen LogP contribution in [0.5, 0.6) is 57.5 Å². The van der Waals surface area contributed by atoms with Crippen LogP contribution in [0.2, 0.25) is 0 Å². The number of fused-ring (bicyclic) bond motifs is 6. The summed E-state index contributed by atoms with van der Waals surface area (Å²) in [6, 6.07) is 35.2. The fourth-order valence-electron chi connectivity index (χ4n) is 7.81. The molecule has 60 heavy (non-hydrogen) atoms. The van der Waals surface area contributed by atoms with Gasteiger partial charge in [-0.3, -0.25) is 0 Å². The molecule has 10 aromatic rings. The van der Waals surface area contributed by atoms with Gasteiger partial charge in [-0.25, -0.2) is 15.0 Å². The summed E-state index contributed by atoms with van der Waals surface area (Å²) in [6.07, 6.45) is 0. The molecule has 294 valence electrons. The summed E-state index contributed by atoms with van der Waals surface area (Å²) in [4.78, 5) is 13.5. The fourth-order valence-corrected chi connectivity index (χ4v) is 9.05. The number of phenolic OH excluding ortho intramolecular Hbond substituents is 10. The summed E-state index contributed by atoms with van der Waals surface area (Å²) in [5, 5.41) is 111. The minimum atomic E-state index is -1.24. The second-order valence-corrected chi connectivity index (χ2v) is 14.9. The number of benzene rings is 7. The topological polar surface area (TPSA) is 246 Å². The van der Waals surface area contributed by atoms with E-state index < -0.39 is 80.3 Å². The molecule has 0 bridgehead atoms. The van der Waals surface area contributed by atoms with E-state index in [1.165, 1.54) is 11.3 Å². The largest absolute Gasteiger partial charge is 0.504 e. The molecule has 0 spiro atoms. The van der Waals surface area contributed by atoms with Crippen LogP contribution in [0.4, 0.5) is 0 Å². The Morgan fingerprint density at radius 3 is 1.50 bits per heavy atom. The zero-order valence-corrected chi connectivity index (χ0v) is 31.4. The molecule has 7 aromatic carbocycles. The van der Waals surface area contributed by atoms with Crippen LogP contribution >= 0.6 is 11.3 Å². The van der Waals surface area contributed by atoms with Gasteiger partial charge in [-0.2, -0.15) is 0 Å². The highest BCUT2D eigenvalue weighted by Gasteiger charge is 2.32. The number of aromatic hydroxyl groups is 10. The highest BCUT2D eigenvalue weighted by molar-refractivity contribution is 7.26. The number of thiophene rings is 1. The number of aromatic nitrogens is 4. The van der Waals surface area contributed by atoms with Crippen molar-refractivity contribution in [1.82, 2.24) is 19.5 Å². The molecule has 0 radical (unpaired) electrons. The van der Waals surface area contributed by atoms with Crippen LogP contribution in [0.25, 0.3) is 93.0 Å². The van der Waals surface area contributed by atoms with Crippen LogP contribution in [0.1, 0.15) is 0 Å². The molecule has 3 aromatic heterocycles. The van der Waals surface area contributed by atoms with Crippen molar-refractivity contribution in [2.24, 2.45) is 0 Å². The molecule has 0 aliphatic carbocycles. The summed E-state index contributed by atoms with van der Waals surface area (Å²) in [5.74, 6) is -13.6. The molecule has 0 aliphatic heterocycles. The van der Waals surface area contributed by atoms with Gasteiger partial charge in [0.25, 0.3) is 0 Å². The van der Waals surface area contributed by atoms with Crippen LogP contribution in [-0.4, -0.2) is 70.6 Å². The Hall–Kier alpha value is -8.43. The van der Waals surface area contributed by atoms with Gasteiger partial charge in [-0.1, -0.05) is 84.9 Å². The van der Waals surface area contributed by atoms with Gasteiger partial charge in [0, 0.05) is 31.8 Å². The molecule has 0 aliphatic rings. The van der Waals surface area contributed by atoms with E-state index in [0.29, 0.717) is 11.3 Å². The zero-order chi connectivity index (χ0) is 41.7. The Morgan fingerprint density at radius 1 is 0.383 bits per heavy atom. The Labute approximate surface area is 340 Å². The monoisotopic (exact) mass is 816 g/mol. The predicted molar refractivity (Wildman–Crippen MR) is 225 cm³/mol. The van der Waals surface area contributed by atoms with Gasteiger partial charge in [-0.05, 0) is 35.4 Å². The number of hydrogen-bond donors (Lipinski definition) is 10. The minimum absolute atomic E-state index is 0.230. The highest BCUT2D eigenvalue weighted by atomic mass is 32.1. The molecule has 0 saturated carbocycles. The van der Waals surface area contributed by atoms with E-state index >= 15 is 0 Å². The third-order valence-corrected chi connectivity index (χ3v) is 11.8. The van der Waals surface area contributed by atoms with Crippen molar-refractivity contribution in [3.63, 3.8) is 0 Å². The summed E-state index contributed by atoms with van der Waals surface area (Å²) >= 11 is 1.50. The summed E-state index contributed by atoms with van der Waals surface area (Å²) in [5.41, 5.74) is 2.80. The van der Waals surface area contributed by atoms with E-state index in [1.54, 1.807) is 6.07 Å². The van der Waals surface area contributed by atoms with Gasteiger partial charge < -0.3 is 55.6 Å². The average Bonchev–Trinajstić information content (AvgIpc) is 3.82. The van der Waals surface area contributed by atoms with Crippen LogP contribution in [-0.2, 0) is 0 Å².